The van der Waals surface area contributed by atoms with E-state index >= 15 is 0 Å². The van der Waals surface area contributed by atoms with Crippen LogP contribution >= 0.6 is 0 Å². The molecule has 1 heterocycles. The summed E-state index contributed by atoms with van der Waals surface area (Å²) in [7, 11) is 1.34. The Balaban J connectivity index is 1.68. The van der Waals surface area contributed by atoms with E-state index in [1.807, 2.05) is 49.4 Å². The van der Waals surface area contributed by atoms with Crippen molar-refractivity contribution in [3.05, 3.63) is 95.3 Å². The molecule has 4 rings (SSSR count). The van der Waals surface area contributed by atoms with Crippen LogP contribution in [-0.4, -0.2) is 35.9 Å². The molecule has 1 aliphatic rings. The van der Waals surface area contributed by atoms with Gasteiger partial charge < -0.3 is 15.4 Å². The van der Waals surface area contributed by atoms with Gasteiger partial charge in [0.1, 0.15) is 12.1 Å². The monoisotopic (exact) mass is 475 g/mol. The van der Waals surface area contributed by atoms with Crippen molar-refractivity contribution in [2.24, 2.45) is 0 Å². The number of nitrogens with zero attached hydrogens (tertiary/aromatic N) is 1. The fourth-order valence-corrected chi connectivity index (χ4v) is 4.21. The highest BCUT2D eigenvalue weighted by Crippen LogP contribution is 2.32. The molecule has 8 heteroatoms. The minimum atomic E-state index is -1.14. The van der Waals surface area contributed by atoms with Crippen molar-refractivity contribution in [1.82, 2.24) is 10.2 Å². The molecule has 180 valence electrons. The summed E-state index contributed by atoms with van der Waals surface area (Å²) >= 11 is 0. The molecule has 0 aromatic heterocycles. The first-order valence-corrected chi connectivity index (χ1v) is 11.2. The van der Waals surface area contributed by atoms with Gasteiger partial charge in [0.25, 0.3) is 5.91 Å². The number of carbonyl (C=O) groups excluding carboxylic acids is 3. The molecule has 3 atom stereocenters. The molecule has 2 N–H and O–H groups in total. The second kappa shape index (κ2) is 9.97. The van der Waals surface area contributed by atoms with Crippen molar-refractivity contribution in [1.29, 1.82) is 0 Å². The number of rotatable bonds is 7. The summed E-state index contributed by atoms with van der Waals surface area (Å²) in [6.45, 7) is 3.72. The van der Waals surface area contributed by atoms with Crippen LogP contribution in [0.1, 0.15) is 35.6 Å². The lowest BCUT2D eigenvalue weighted by atomic mass is 9.91. The van der Waals surface area contributed by atoms with Crippen LogP contribution in [0.5, 0.6) is 5.75 Å². The lowest BCUT2D eigenvalue weighted by molar-refractivity contribution is -0.134. The minimum Gasteiger partial charge on any atom is -0.494 e. The van der Waals surface area contributed by atoms with Gasteiger partial charge in [-0.1, -0.05) is 61.0 Å². The molecule has 1 saturated heterocycles. The summed E-state index contributed by atoms with van der Waals surface area (Å²) in [5.41, 5.74) is 2.62. The molecule has 4 amide bonds. The van der Waals surface area contributed by atoms with E-state index in [1.54, 1.807) is 19.1 Å². The Labute approximate surface area is 202 Å². The van der Waals surface area contributed by atoms with Crippen molar-refractivity contribution >= 4 is 23.5 Å². The van der Waals surface area contributed by atoms with Crippen molar-refractivity contribution < 1.29 is 23.5 Å². The number of methoxy groups -OCH3 is 1. The number of hydrogen-bond donors (Lipinski definition) is 2. The molecule has 0 bridgehead atoms. The highest BCUT2D eigenvalue weighted by Gasteiger charge is 2.47. The lowest BCUT2D eigenvalue weighted by Crippen LogP contribution is -2.50. The number of halogens is 1. The number of aryl methyl sites for hydroxylation is 1. The van der Waals surface area contributed by atoms with Gasteiger partial charge in [0, 0.05) is 11.6 Å². The number of imide groups is 1. The van der Waals surface area contributed by atoms with Gasteiger partial charge in [0.05, 0.1) is 7.11 Å². The molecule has 35 heavy (non-hydrogen) atoms. The van der Waals surface area contributed by atoms with E-state index in [-0.39, 0.29) is 11.3 Å². The Bertz CT molecular complexity index is 1250. The molecule has 0 spiro atoms. The van der Waals surface area contributed by atoms with E-state index in [9.17, 15) is 18.8 Å². The molecule has 7 nitrogen and oxygen atoms in total. The molecule has 1 fully saturated rings. The van der Waals surface area contributed by atoms with Gasteiger partial charge in [-0.05, 0) is 42.3 Å². The number of carbonyl (C=O) groups is 3. The zero-order valence-electron chi connectivity index (χ0n) is 19.6. The number of benzene rings is 3. The Hall–Kier alpha value is -4.20. The smallest absolute Gasteiger partial charge is 0.325 e. The first-order chi connectivity index (χ1) is 16.8. The SMILES string of the molecule is COc1ccc(C2NC(=O)N([C@H](C(=O)Nc3ccc(C)cc3)[C@@H](C)c3ccccc3)C2=O)cc1F. The van der Waals surface area contributed by atoms with E-state index in [0.29, 0.717) is 5.69 Å². The summed E-state index contributed by atoms with van der Waals surface area (Å²) in [5.74, 6) is -2.28. The van der Waals surface area contributed by atoms with Gasteiger partial charge in [0.2, 0.25) is 5.91 Å². The Morgan fingerprint density at radius 2 is 1.74 bits per heavy atom. The van der Waals surface area contributed by atoms with Gasteiger partial charge in [-0.3, -0.25) is 9.59 Å². The normalized spacial score (nSPS) is 17.0. The zero-order valence-corrected chi connectivity index (χ0v) is 19.6. The first kappa shape index (κ1) is 23.9. The van der Waals surface area contributed by atoms with E-state index in [2.05, 4.69) is 10.6 Å². The summed E-state index contributed by atoms with van der Waals surface area (Å²) in [5, 5.41) is 5.43. The summed E-state index contributed by atoms with van der Waals surface area (Å²) in [6, 6.07) is 17.5. The van der Waals surface area contributed by atoms with Gasteiger partial charge in [0.15, 0.2) is 11.6 Å². The predicted molar refractivity (Wildman–Crippen MR) is 130 cm³/mol. The van der Waals surface area contributed by atoms with Crippen LogP contribution in [0.2, 0.25) is 0 Å². The Kier molecular flexibility index (Phi) is 6.82. The molecule has 0 saturated carbocycles. The third kappa shape index (κ3) is 4.87. The quantitative estimate of drug-likeness (QED) is 0.491. The van der Waals surface area contributed by atoms with E-state index in [4.69, 9.17) is 4.74 Å². The van der Waals surface area contributed by atoms with Gasteiger partial charge in [-0.25, -0.2) is 14.1 Å². The molecular formula is C27H26FN3O4. The number of anilines is 1. The fourth-order valence-electron chi connectivity index (χ4n) is 4.21. The van der Waals surface area contributed by atoms with E-state index in [0.717, 1.165) is 22.1 Å². The second-order valence-electron chi connectivity index (χ2n) is 8.48. The van der Waals surface area contributed by atoms with Crippen molar-refractivity contribution in [3.8, 4) is 5.75 Å². The number of urea groups is 1. The Morgan fingerprint density at radius 1 is 1.06 bits per heavy atom. The molecule has 3 aromatic rings. The molecule has 1 unspecified atom stereocenters. The maximum Gasteiger partial charge on any atom is 0.325 e. The van der Waals surface area contributed by atoms with E-state index < -0.39 is 41.7 Å². The molecule has 0 aliphatic carbocycles. The highest BCUT2D eigenvalue weighted by atomic mass is 19.1. The van der Waals surface area contributed by atoms with Crippen LogP contribution in [0.25, 0.3) is 0 Å². The van der Waals surface area contributed by atoms with Crippen molar-refractivity contribution in [3.63, 3.8) is 0 Å². The van der Waals surface area contributed by atoms with Crippen LogP contribution in [-0.2, 0) is 9.59 Å². The predicted octanol–water partition coefficient (Wildman–Crippen LogP) is 4.55. The number of hydrogen-bond acceptors (Lipinski definition) is 4. The maximum absolute atomic E-state index is 14.3. The van der Waals surface area contributed by atoms with Crippen molar-refractivity contribution in [2.75, 3.05) is 12.4 Å². The van der Waals surface area contributed by atoms with Gasteiger partial charge in [-0.2, -0.15) is 0 Å². The summed E-state index contributed by atoms with van der Waals surface area (Å²) in [6.07, 6.45) is 0. The van der Waals surface area contributed by atoms with Crippen molar-refractivity contribution in [2.45, 2.75) is 31.8 Å². The van der Waals surface area contributed by atoms with Crippen LogP contribution in [0.3, 0.4) is 0 Å². The molecule has 1 aliphatic heterocycles. The summed E-state index contributed by atoms with van der Waals surface area (Å²) < 4.78 is 19.2. The van der Waals surface area contributed by atoms with Crippen LogP contribution < -0.4 is 15.4 Å². The van der Waals surface area contributed by atoms with Crippen LogP contribution in [0.4, 0.5) is 14.9 Å². The average molecular weight is 476 g/mol. The zero-order chi connectivity index (χ0) is 25.1. The van der Waals surface area contributed by atoms with Gasteiger partial charge in [-0.15, -0.1) is 0 Å². The molecule has 0 radical (unpaired) electrons. The maximum atomic E-state index is 14.3. The van der Waals surface area contributed by atoms with Crippen LogP contribution in [0, 0.1) is 12.7 Å². The second-order valence-corrected chi connectivity index (χ2v) is 8.48. The standard InChI is InChI=1S/C27H26FN3O4/c1-16-9-12-20(13-10-16)29-25(32)24(17(2)18-7-5-4-6-8-18)31-26(33)23(30-27(31)34)19-11-14-22(35-3)21(28)15-19/h4-15,17,23-24H,1-3H3,(H,29,32)(H,30,34)/t17-,23?,24-/m0/s1. The average Bonchev–Trinajstić information content (AvgIpc) is 3.15. The summed E-state index contributed by atoms with van der Waals surface area (Å²) in [4.78, 5) is 41.0. The molecular weight excluding hydrogens is 449 g/mol. The number of nitrogens with one attached hydrogen (secondary N) is 2. The number of ether oxygens (including phenoxy) is 1. The topological polar surface area (TPSA) is 87.7 Å². The lowest BCUT2D eigenvalue weighted by Gasteiger charge is -2.30. The minimum absolute atomic E-state index is 0.0235. The van der Waals surface area contributed by atoms with Crippen LogP contribution in [0.15, 0.2) is 72.8 Å². The largest absolute Gasteiger partial charge is 0.494 e. The third-order valence-corrected chi connectivity index (χ3v) is 6.15. The third-order valence-electron chi connectivity index (χ3n) is 6.15. The molecule has 3 aromatic carbocycles. The highest BCUT2D eigenvalue weighted by molar-refractivity contribution is 6.09. The fraction of sp³-hybridized carbons (Fsp3) is 0.222. The number of amides is 4. The van der Waals surface area contributed by atoms with Gasteiger partial charge >= 0.3 is 6.03 Å². The Morgan fingerprint density at radius 3 is 2.37 bits per heavy atom. The van der Waals surface area contributed by atoms with E-state index in [1.165, 1.54) is 19.2 Å². The first-order valence-electron chi connectivity index (χ1n) is 11.2.